The molecule has 0 unspecified atom stereocenters. The zero-order valence-electron chi connectivity index (χ0n) is 20.5. The van der Waals surface area contributed by atoms with Crippen LogP contribution < -0.4 is 5.32 Å². The average molecular weight is 478 g/mol. The van der Waals surface area contributed by atoms with Crippen LogP contribution in [0.1, 0.15) is 79.7 Å². The van der Waals surface area contributed by atoms with Crippen molar-refractivity contribution in [2.75, 3.05) is 6.54 Å². The molecule has 6 heteroatoms. The summed E-state index contributed by atoms with van der Waals surface area (Å²) in [4.78, 5) is 31.0. The number of fused-ring (bicyclic) bond motifs is 3. The van der Waals surface area contributed by atoms with Crippen molar-refractivity contribution < 1.29 is 9.59 Å². The van der Waals surface area contributed by atoms with Crippen LogP contribution >= 0.6 is 11.3 Å². The van der Waals surface area contributed by atoms with Crippen molar-refractivity contribution in [1.29, 1.82) is 0 Å². The highest BCUT2D eigenvalue weighted by atomic mass is 32.1. The Morgan fingerprint density at radius 3 is 2.62 bits per heavy atom. The van der Waals surface area contributed by atoms with Gasteiger partial charge in [0.2, 0.25) is 5.91 Å². The smallest absolute Gasteiger partial charge is 0.271 e. The molecule has 1 aromatic carbocycles. The van der Waals surface area contributed by atoms with Gasteiger partial charge >= 0.3 is 0 Å². The van der Waals surface area contributed by atoms with Crippen LogP contribution in [0, 0.1) is 0 Å². The molecule has 0 bridgehead atoms. The van der Waals surface area contributed by atoms with Gasteiger partial charge in [-0.05, 0) is 49.8 Å². The van der Waals surface area contributed by atoms with E-state index in [1.807, 2.05) is 36.1 Å². The van der Waals surface area contributed by atoms with Gasteiger partial charge in [-0.3, -0.25) is 9.59 Å². The molecule has 0 radical (unpaired) electrons. The number of carbonyl (C=O) groups is 2. The minimum absolute atomic E-state index is 0.0218. The summed E-state index contributed by atoms with van der Waals surface area (Å²) < 4.78 is 3.23. The Morgan fingerprint density at radius 2 is 1.91 bits per heavy atom. The molecular weight excluding hydrogens is 442 g/mol. The van der Waals surface area contributed by atoms with E-state index in [2.05, 4.69) is 41.9 Å². The van der Waals surface area contributed by atoms with Crippen molar-refractivity contribution in [2.24, 2.45) is 0 Å². The molecule has 2 aliphatic rings. The lowest BCUT2D eigenvalue weighted by Gasteiger charge is -2.45. The number of thiophene rings is 1. The first kappa shape index (κ1) is 23.2. The standard InChI is InChI=1S/C28H35N3O2S/c1-4-22-15-23-25(34-22)16-24-26(32)31(17-19(2)20-11-7-5-8-12-20)28(3,18-30(23)24)27(33)29-21-13-9-6-10-14-21/h5,7-8,11-12,15-16,19,21H,4,6,9-10,13-14,17-18H2,1-3H3,(H,29,33)/t19-,28-/m1/s1. The van der Waals surface area contributed by atoms with E-state index in [1.54, 1.807) is 11.3 Å². The summed E-state index contributed by atoms with van der Waals surface area (Å²) in [6.07, 6.45) is 6.59. The Hall–Kier alpha value is -2.60. The topological polar surface area (TPSA) is 54.3 Å². The molecule has 2 amide bonds. The number of rotatable bonds is 6. The molecule has 5 nitrogen and oxygen atoms in total. The predicted octanol–water partition coefficient (Wildman–Crippen LogP) is 5.73. The quantitative estimate of drug-likeness (QED) is 0.493. The number of amides is 2. The van der Waals surface area contributed by atoms with Crippen molar-refractivity contribution in [2.45, 2.75) is 83.3 Å². The number of benzene rings is 1. The minimum atomic E-state index is -0.940. The zero-order chi connectivity index (χ0) is 23.9. The third kappa shape index (κ3) is 4.06. The molecule has 5 rings (SSSR count). The molecule has 1 N–H and O–H groups in total. The Labute approximate surface area is 206 Å². The van der Waals surface area contributed by atoms with Crippen LogP contribution in [-0.2, 0) is 17.8 Å². The van der Waals surface area contributed by atoms with Crippen molar-refractivity contribution in [3.8, 4) is 0 Å². The van der Waals surface area contributed by atoms with Gasteiger partial charge in [-0.25, -0.2) is 0 Å². The van der Waals surface area contributed by atoms with Crippen LogP contribution in [0.4, 0.5) is 0 Å². The van der Waals surface area contributed by atoms with E-state index < -0.39 is 5.54 Å². The first-order chi connectivity index (χ1) is 16.4. The maximum Gasteiger partial charge on any atom is 0.271 e. The summed E-state index contributed by atoms with van der Waals surface area (Å²) in [6.45, 7) is 7.25. The second-order valence-corrected chi connectivity index (χ2v) is 11.4. The van der Waals surface area contributed by atoms with Crippen molar-refractivity contribution >= 4 is 33.4 Å². The fourth-order valence-corrected chi connectivity index (χ4v) is 6.64. The Kier molecular flexibility index (Phi) is 6.28. The van der Waals surface area contributed by atoms with Gasteiger partial charge in [-0.15, -0.1) is 11.3 Å². The van der Waals surface area contributed by atoms with Gasteiger partial charge in [0.25, 0.3) is 5.91 Å². The highest BCUT2D eigenvalue weighted by molar-refractivity contribution is 7.19. The second-order valence-electron chi connectivity index (χ2n) is 10.2. The molecule has 1 aliphatic heterocycles. The van der Waals surface area contributed by atoms with E-state index >= 15 is 0 Å². The molecule has 1 aliphatic carbocycles. The number of nitrogens with one attached hydrogen (secondary N) is 1. The summed E-state index contributed by atoms with van der Waals surface area (Å²) in [5, 5.41) is 3.34. The molecule has 3 heterocycles. The van der Waals surface area contributed by atoms with Crippen LogP contribution in [0.25, 0.3) is 10.2 Å². The summed E-state index contributed by atoms with van der Waals surface area (Å²) in [7, 11) is 0. The number of hydrogen-bond donors (Lipinski definition) is 1. The van der Waals surface area contributed by atoms with Gasteiger partial charge in [0.15, 0.2) is 0 Å². The fraction of sp³-hybridized carbons (Fsp3) is 0.500. The Morgan fingerprint density at radius 1 is 1.18 bits per heavy atom. The number of carbonyl (C=O) groups excluding carboxylic acids is 2. The average Bonchev–Trinajstić information content (AvgIpc) is 3.41. The number of aryl methyl sites for hydroxylation is 1. The summed E-state index contributed by atoms with van der Waals surface area (Å²) in [5.74, 6) is 0.0597. The molecular formula is C28H35N3O2S. The van der Waals surface area contributed by atoms with Crippen molar-refractivity contribution in [3.05, 3.63) is 58.6 Å². The van der Waals surface area contributed by atoms with E-state index in [4.69, 9.17) is 0 Å². The van der Waals surface area contributed by atoms with E-state index in [0.717, 1.165) is 42.3 Å². The molecule has 0 saturated heterocycles. The van der Waals surface area contributed by atoms with Crippen LogP contribution in [0.5, 0.6) is 0 Å². The molecule has 0 spiro atoms. The Bertz CT molecular complexity index is 1190. The lowest BCUT2D eigenvalue weighted by atomic mass is 9.89. The van der Waals surface area contributed by atoms with Gasteiger partial charge < -0.3 is 14.8 Å². The van der Waals surface area contributed by atoms with E-state index in [0.29, 0.717) is 18.8 Å². The third-order valence-electron chi connectivity index (χ3n) is 7.77. The number of nitrogens with zero attached hydrogens (tertiary/aromatic N) is 2. The van der Waals surface area contributed by atoms with E-state index in [1.165, 1.54) is 16.9 Å². The lowest BCUT2D eigenvalue weighted by Crippen LogP contribution is -2.65. The minimum Gasteiger partial charge on any atom is -0.351 e. The second kappa shape index (κ2) is 9.21. The van der Waals surface area contributed by atoms with Crippen LogP contribution in [-0.4, -0.2) is 39.4 Å². The highest BCUT2D eigenvalue weighted by Crippen LogP contribution is 2.37. The third-order valence-corrected chi connectivity index (χ3v) is 8.99. The lowest BCUT2D eigenvalue weighted by molar-refractivity contribution is -0.133. The van der Waals surface area contributed by atoms with Gasteiger partial charge in [0.05, 0.1) is 16.8 Å². The highest BCUT2D eigenvalue weighted by Gasteiger charge is 2.48. The van der Waals surface area contributed by atoms with E-state index in [9.17, 15) is 9.59 Å². The molecule has 180 valence electrons. The summed E-state index contributed by atoms with van der Waals surface area (Å²) in [6, 6.07) is 14.7. The van der Waals surface area contributed by atoms with Crippen molar-refractivity contribution in [3.63, 3.8) is 0 Å². The van der Waals surface area contributed by atoms with Crippen molar-refractivity contribution in [1.82, 2.24) is 14.8 Å². The largest absolute Gasteiger partial charge is 0.351 e. The Balaban J connectivity index is 1.52. The van der Waals surface area contributed by atoms with Gasteiger partial charge in [-0.2, -0.15) is 0 Å². The number of aromatic nitrogens is 1. The first-order valence-electron chi connectivity index (χ1n) is 12.7. The summed E-state index contributed by atoms with van der Waals surface area (Å²) >= 11 is 1.75. The number of hydrogen-bond acceptors (Lipinski definition) is 3. The summed E-state index contributed by atoms with van der Waals surface area (Å²) in [5.41, 5.74) is 2.02. The maximum absolute atomic E-state index is 13.9. The molecule has 3 aromatic rings. The molecule has 1 saturated carbocycles. The fourth-order valence-electron chi connectivity index (χ4n) is 5.60. The van der Waals surface area contributed by atoms with Crippen LogP contribution in [0.2, 0.25) is 0 Å². The predicted molar refractivity (Wildman–Crippen MR) is 139 cm³/mol. The van der Waals surface area contributed by atoms with Crippen LogP contribution in [0.15, 0.2) is 42.5 Å². The normalized spacial score (nSPS) is 22.1. The van der Waals surface area contributed by atoms with Gasteiger partial charge in [0, 0.05) is 17.5 Å². The molecule has 1 fully saturated rings. The van der Waals surface area contributed by atoms with E-state index in [-0.39, 0.29) is 23.8 Å². The monoisotopic (exact) mass is 477 g/mol. The van der Waals surface area contributed by atoms with Gasteiger partial charge in [0.1, 0.15) is 11.2 Å². The maximum atomic E-state index is 13.9. The SMILES string of the molecule is CCc1cc2c(cc3n2C[C@](C)(C(=O)NC2CCCCC2)N(C[C@@H](C)c2ccccc2)C3=O)s1. The molecule has 2 aromatic heterocycles. The van der Waals surface area contributed by atoms with Gasteiger partial charge in [-0.1, -0.05) is 63.4 Å². The molecule has 2 atom stereocenters. The van der Waals surface area contributed by atoms with Crippen LogP contribution in [0.3, 0.4) is 0 Å². The molecule has 34 heavy (non-hydrogen) atoms. The first-order valence-corrected chi connectivity index (χ1v) is 13.5. The zero-order valence-corrected chi connectivity index (χ0v) is 21.3.